The average molecular weight is 403 g/mol. The highest BCUT2D eigenvalue weighted by Gasteiger charge is 2.41. The summed E-state index contributed by atoms with van der Waals surface area (Å²) in [5.41, 5.74) is 1.76. The summed E-state index contributed by atoms with van der Waals surface area (Å²) in [6, 6.07) is 0. The molecule has 0 amide bonds. The van der Waals surface area contributed by atoms with Crippen LogP contribution in [0, 0.1) is 5.41 Å². The summed E-state index contributed by atoms with van der Waals surface area (Å²) in [5.74, 6) is 1.94. The summed E-state index contributed by atoms with van der Waals surface area (Å²) in [6.07, 6.45) is 8.18. The zero-order chi connectivity index (χ0) is 19.0. The molecular formula is C21H30N4O2S. The zero-order valence-corrected chi connectivity index (χ0v) is 17.3. The number of thiophene rings is 1. The Hall–Kier alpha value is -1.28. The number of aliphatic hydroxyl groups is 1. The number of nitrogens with zero attached hydrogens (tertiary/aromatic N) is 3. The molecule has 1 saturated heterocycles. The lowest BCUT2D eigenvalue weighted by Gasteiger charge is -2.26. The molecule has 7 heteroatoms. The van der Waals surface area contributed by atoms with Crippen LogP contribution in [0.15, 0.2) is 0 Å². The number of aryl methyl sites for hydroxylation is 2. The van der Waals surface area contributed by atoms with E-state index < -0.39 is 0 Å². The molecular weight excluding hydrogens is 372 g/mol. The van der Waals surface area contributed by atoms with Crippen molar-refractivity contribution in [2.24, 2.45) is 5.41 Å². The Morgan fingerprint density at radius 1 is 1.14 bits per heavy atom. The van der Waals surface area contributed by atoms with E-state index in [2.05, 4.69) is 10.2 Å². The van der Waals surface area contributed by atoms with E-state index in [1.807, 2.05) is 11.3 Å². The molecule has 2 aromatic rings. The van der Waals surface area contributed by atoms with Gasteiger partial charge in [0.1, 0.15) is 16.5 Å². The molecule has 0 bridgehead atoms. The largest absolute Gasteiger partial charge is 0.396 e. The van der Waals surface area contributed by atoms with Gasteiger partial charge in [0.15, 0.2) is 0 Å². The van der Waals surface area contributed by atoms with E-state index in [9.17, 15) is 5.11 Å². The number of hydrogen-bond acceptors (Lipinski definition) is 7. The minimum atomic E-state index is 0.270. The summed E-state index contributed by atoms with van der Waals surface area (Å²) in [7, 11) is 0. The summed E-state index contributed by atoms with van der Waals surface area (Å²) in [5, 5.41) is 14.4. The van der Waals surface area contributed by atoms with Gasteiger partial charge in [0.05, 0.1) is 25.1 Å². The van der Waals surface area contributed by atoms with Crippen LogP contribution in [-0.4, -0.2) is 59.4 Å². The molecule has 2 N–H and O–H groups in total. The second-order valence-electron chi connectivity index (χ2n) is 8.60. The monoisotopic (exact) mass is 402 g/mol. The van der Waals surface area contributed by atoms with Crippen LogP contribution in [0.1, 0.15) is 48.4 Å². The number of aliphatic hydroxyl groups excluding tert-OH is 1. The summed E-state index contributed by atoms with van der Waals surface area (Å²) < 4.78 is 5.48. The van der Waals surface area contributed by atoms with Gasteiger partial charge in [-0.1, -0.05) is 0 Å². The van der Waals surface area contributed by atoms with Crippen LogP contribution in [0.5, 0.6) is 0 Å². The van der Waals surface area contributed by atoms with E-state index in [1.165, 1.54) is 47.9 Å². The van der Waals surface area contributed by atoms with Crippen LogP contribution in [0.4, 0.5) is 5.82 Å². The van der Waals surface area contributed by atoms with Crippen molar-refractivity contribution in [1.29, 1.82) is 0 Å². The molecule has 28 heavy (non-hydrogen) atoms. The summed E-state index contributed by atoms with van der Waals surface area (Å²) in [6.45, 7) is 5.46. The Morgan fingerprint density at radius 3 is 2.75 bits per heavy atom. The second-order valence-corrected chi connectivity index (χ2v) is 9.68. The molecule has 3 heterocycles. The van der Waals surface area contributed by atoms with E-state index in [0.717, 1.165) is 68.7 Å². The second kappa shape index (κ2) is 7.86. The Morgan fingerprint density at radius 2 is 1.96 bits per heavy atom. The quantitative estimate of drug-likeness (QED) is 0.742. The molecule has 0 atom stereocenters. The average Bonchev–Trinajstić information content (AvgIpc) is 3.38. The third kappa shape index (κ3) is 3.77. The first-order valence-electron chi connectivity index (χ1n) is 10.7. The fraction of sp³-hybridized carbons (Fsp3) is 0.714. The molecule has 3 aliphatic rings. The Kier molecular flexibility index (Phi) is 5.26. The Bertz CT molecular complexity index is 843. The highest BCUT2D eigenvalue weighted by atomic mass is 32.1. The number of hydrogen-bond donors (Lipinski definition) is 2. The van der Waals surface area contributed by atoms with Crippen molar-refractivity contribution >= 4 is 27.4 Å². The zero-order valence-electron chi connectivity index (χ0n) is 16.5. The topological polar surface area (TPSA) is 70.5 Å². The fourth-order valence-corrected chi connectivity index (χ4v) is 5.84. The lowest BCUT2D eigenvalue weighted by atomic mass is 9.97. The molecule has 0 spiro atoms. The first-order valence-corrected chi connectivity index (χ1v) is 11.5. The Labute approximate surface area is 170 Å². The van der Waals surface area contributed by atoms with Crippen molar-refractivity contribution in [1.82, 2.24) is 14.9 Å². The number of rotatable bonds is 7. The molecule has 1 aliphatic heterocycles. The van der Waals surface area contributed by atoms with Crippen LogP contribution in [-0.2, 0) is 24.1 Å². The number of aromatic nitrogens is 2. The van der Waals surface area contributed by atoms with E-state index in [0.29, 0.717) is 0 Å². The van der Waals surface area contributed by atoms with Gasteiger partial charge in [-0.25, -0.2) is 9.97 Å². The summed E-state index contributed by atoms with van der Waals surface area (Å²) >= 11 is 1.87. The maximum atomic E-state index is 9.39. The lowest BCUT2D eigenvalue weighted by Crippen LogP contribution is -2.36. The van der Waals surface area contributed by atoms with Gasteiger partial charge in [0.25, 0.3) is 0 Å². The van der Waals surface area contributed by atoms with Crippen LogP contribution in [0.2, 0.25) is 0 Å². The van der Waals surface area contributed by atoms with Crippen molar-refractivity contribution in [2.75, 3.05) is 44.8 Å². The third-order valence-electron chi connectivity index (χ3n) is 6.56. The summed E-state index contributed by atoms with van der Waals surface area (Å²) in [4.78, 5) is 15.0. The van der Waals surface area contributed by atoms with E-state index in [4.69, 9.17) is 14.7 Å². The molecule has 5 rings (SSSR count). The minimum Gasteiger partial charge on any atom is -0.396 e. The molecule has 1 saturated carbocycles. The smallest absolute Gasteiger partial charge is 0.146 e. The van der Waals surface area contributed by atoms with Crippen LogP contribution in [0.25, 0.3) is 10.2 Å². The first-order chi connectivity index (χ1) is 13.8. The van der Waals surface area contributed by atoms with Gasteiger partial charge in [-0.05, 0) is 55.9 Å². The van der Waals surface area contributed by atoms with E-state index >= 15 is 0 Å². The van der Waals surface area contributed by atoms with Crippen molar-refractivity contribution < 1.29 is 9.84 Å². The van der Waals surface area contributed by atoms with Crippen molar-refractivity contribution in [3.05, 3.63) is 16.3 Å². The van der Waals surface area contributed by atoms with Crippen molar-refractivity contribution in [3.63, 3.8) is 0 Å². The van der Waals surface area contributed by atoms with Gasteiger partial charge in [0.2, 0.25) is 0 Å². The molecule has 0 radical (unpaired) electrons. The van der Waals surface area contributed by atoms with Crippen LogP contribution < -0.4 is 5.32 Å². The number of ether oxygens (including phenoxy) is 1. The standard InChI is InChI=1S/C21H30N4O2S/c26-10-7-21(5-6-21)14-22-19-18-15-3-1-2-4-16(15)28-20(18)24-17(23-19)13-25-8-11-27-12-9-25/h26H,1-14H2,(H,22,23,24). The van der Waals surface area contributed by atoms with E-state index in [-0.39, 0.29) is 12.0 Å². The molecule has 2 aromatic heterocycles. The first kappa shape index (κ1) is 18.7. The highest BCUT2D eigenvalue weighted by Crippen LogP contribution is 2.49. The molecule has 2 aliphatic carbocycles. The molecule has 2 fully saturated rings. The van der Waals surface area contributed by atoms with E-state index in [1.54, 1.807) is 0 Å². The molecule has 152 valence electrons. The third-order valence-corrected chi connectivity index (χ3v) is 7.75. The van der Waals surface area contributed by atoms with Gasteiger partial charge < -0.3 is 15.2 Å². The van der Waals surface area contributed by atoms with Gasteiger partial charge >= 0.3 is 0 Å². The predicted molar refractivity (Wildman–Crippen MR) is 112 cm³/mol. The Balaban J connectivity index is 1.46. The maximum absolute atomic E-state index is 9.39. The van der Waals surface area contributed by atoms with Crippen molar-refractivity contribution in [2.45, 2.75) is 51.5 Å². The molecule has 0 aromatic carbocycles. The van der Waals surface area contributed by atoms with Gasteiger partial charge in [-0.15, -0.1) is 11.3 Å². The normalized spacial score (nSPS) is 21.6. The molecule has 0 unspecified atom stereocenters. The maximum Gasteiger partial charge on any atom is 0.146 e. The minimum absolute atomic E-state index is 0.270. The van der Waals surface area contributed by atoms with Crippen LogP contribution in [0.3, 0.4) is 0 Å². The van der Waals surface area contributed by atoms with Gasteiger partial charge in [0, 0.05) is 31.1 Å². The number of anilines is 1. The van der Waals surface area contributed by atoms with Crippen LogP contribution >= 0.6 is 11.3 Å². The highest BCUT2D eigenvalue weighted by molar-refractivity contribution is 7.19. The SMILES string of the molecule is OCCC1(CNc2nc(CN3CCOCC3)nc3sc4c(c23)CCCC4)CC1. The molecule has 6 nitrogen and oxygen atoms in total. The number of nitrogens with one attached hydrogen (secondary N) is 1. The lowest BCUT2D eigenvalue weighted by molar-refractivity contribution is 0.0331. The fourth-order valence-electron chi connectivity index (χ4n) is 4.56. The predicted octanol–water partition coefficient (Wildman–Crippen LogP) is 2.98. The van der Waals surface area contributed by atoms with Gasteiger partial charge in [-0.2, -0.15) is 0 Å². The van der Waals surface area contributed by atoms with Crippen molar-refractivity contribution in [3.8, 4) is 0 Å². The van der Waals surface area contributed by atoms with Gasteiger partial charge in [-0.3, -0.25) is 4.90 Å². The number of morpholine rings is 1. The number of fused-ring (bicyclic) bond motifs is 3.